The number of hydrogen-bond donors (Lipinski definition) is 0. The van der Waals surface area contributed by atoms with Gasteiger partial charge in [0.1, 0.15) is 5.75 Å². The van der Waals surface area contributed by atoms with E-state index < -0.39 is 0 Å². The summed E-state index contributed by atoms with van der Waals surface area (Å²) in [4.78, 5) is 15.0. The van der Waals surface area contributed by atoms with Crippen LogP contribution in [0.1, 0.15) is 37.7 Å². The van der Waals surface area contributed by atoms with Gasteiger partial charge in [0.2, 0.25) is 5.91 Å². The van der Waals surface area contributed by atoms with Gasteiger partial charge in [-0.05, 0) is 38.2 Å². The van der Waals surface area contributed by atoms with Gasteiger partial charge in [-0.3, -0.25) is 4.79 Å². The molecule has 1 amide bonds. The van der Waals surface area contributed by atoms with Crippen molar-refractivity contribution >= 4 is 5.91 Å². The van der Waals surface area contributed by atoms with Crippen molar-refractivity contribution in [1.29, 1.82) is 0 Å². The van der Waals surface area contributed by atoms with Crippen LogP contribution in [0.5, 0.6) is 5.75 Å². The molecule has 2 atom stereocenters. The van der Waals surface area contributed by atoms with Gasteiger partial charge in [-0.15, -0.1) is 0 Å². The predicted octanol–water partition coefficient (Wildman–Crippen LogP) is 2.83. The van der Waals surface area contributed by atoms with Gasteiger partial charge in [0.15, 0.2) is 0 Å². The summed E-state index contributed by atoms with van der Waals surface area (Å²) in [6.45, 7) is 5.87. The molecular weight excluding hydrogens is 278 g/mol. The number of amides is 1. The summed E-state index contributed by atoms with van der Waals surface area (Å²) in [6, 6.07) is 7.94. The highest BCUT2D eigenvalue weighted by Gasteiger charge is 2.33. The van der Waals surface area contributed by atoms with Crippen molar-refractivity contribution < 1.29 is 14.3 Å². The molecule has 1 aromatic rings. The number of piperidine rings is 1. The maximum absolute atomic E-state index is 13.0. The molecule has 0 N–H and O–H groups in total. The lowest BCUT2D eigenvalue weighted by atomic mass is 9.90. The van der Waals surface area contributed by atoms with Crippen molar-refractivity contribution in [2.45, 2.75) is 32.1 Å². The quantitative estimate of drug-likeness (QED) is 0.858. The number of carbonyl (C=O) groups is 1. The summed E-state index contributed by atoms with van der Waals surface area (Å²) in [6.07, 6.45) is 3.02. The Labute approximate surface area is 132 Å². The molecule has 2 aliphatic rings. The number of benzene rings is 1. The molecule has 0 bridgehead atoms. The summed E-state index contributed by atoms with van der Waals surface area (Å²) in [5.41, 5.74) is 1.05. The van der Waals surface area contributed by atoms with E-state index in [2.05, 4.69) is 0 Å². The summed E-state index contributed by atoms with van der Waals surface area (Å²) in [7, 11) is 0. The lowest BCUT2D eigenvalue weighted by Gasteiger charge is -2.36. The van der Waals surface area contributed by atoms with Crippen LogP contribution in [0.25, 0.3) is 0 Å². The van der Waals surface area contributed by atoms with E-state index in [9.17, 15) is 4.79 Å². The zero-order chi connectivity index (χ0) is 15.4. The molecule has 4 heteroatoms. The maximum atomic E-state index is 13.0. The van der Waals surface area contributed by atoms with Gasteiger partial charge < -0.3 is 14.4 Å². The van der Waals surface area contributed by atoms with Gasteiger partial charge in [-0.1, -0.05) is 18.2 Å². The van der Waals surface area contributed by atoms with E-state index >= 15 is 0 Å². The number of rotatable bonds is 4. The Morgan fingerprint density at radius 2 is 2.23 bits per heavy atom. The summed E-state index contributed by atoms with van der Waals surface area (Å²) in [5.74, 6) is 1.57. The van der Waals surface area contributed by atoms with Crippen molar-refractivity contribution in [3.8, 4) is 5.75 Å². The third kappa shape index (κ3) is 3.27. The smallest absolute Gasteiger partial charge is 0.230 e. The molecule has 2 heterocycles. The predicted molar refractivity (Wildman–Crippen MR) is 85.1 cm³/mol. The van der Waals surface area contributed by atoms with Gasteiger partial charge in [0, 0.05) is 25.3 Å². The Morgan fingerprint density at radius 3 is 3.09 bits per heavy atom. The van der Waals surface area contributed by atoms with Crippen molar-refractivity contribution in [3.05, 3.63) is 29.8 Å². The number of fused-ring (bicyclic) bond motifs is 1. The highest BCUT2D eigenvalue weighted by molar-refractivity contribution is 5.85. The largest absolute Gasteiger partial charge is 0.493 e. The monoisotopic (exact) mass is 303 g/mol. The van der Waals surface area contributed by atoms with Gasteiger partial charge in [-0.2, -0.15) is 0 Å². The Hall–Kier alpha value is -1.55. The van der Waals surface area contributed by atoms with Crippen LogP contribution in [0.2, 0.25) is 0 Å². The number of ether oxygens (including phenoxy) is 2. The van der Waals surface area contributed by atoms with Crippen LogP contribution in [0.4, 0.5) is 0 Å². The van der Waals surface area contributed by atoms with E-state index in [-0.39, 0.29) is 11.8 Å². The van der Waals surface area contributed by atoms with E-state index in [1.165, 1.54) is 0 Å². The fourth-order valence-electron chi connectivity index (χ4n) is 3.50. The first-order chi connectivity index (χ1) is 10.8. The fraction of sp³-hybridized carbons (Fsp3) is 0.611. The van der Waals surface area contributed by atoms with Gasteiger partial charge in [0.25, 0.3) is 0 Å². The Kier molecular flexibility index (Phi) is 4.98. The molecule has 0 saturated carbocycles. The number of nitrogens with zero attached hydrogens (tertiary/aromatic N) is 1. The molecule has 1 saturated heterocycles. The summed E-state index contributed by atoms with van der Waals surface area (Å²) < 4.78 is 11.2. The third-order valence-electron chi connectivity index (χ3n) is 4.64. The van der Waals surface area contributed by atoms with E-state index in [0.717, 1.165) is 56.9 Å². The van der Waals surface area contributed by atoms with Crippen molar-refractivity contribution in [1.82, 2.24) is 4.90 Å². The van der Waals surface area contributed by atoms with Gasteiger partial charge in [-0.25, -0.2) is 0 Å². The first-order valence-corrected chi connectivity index (χ1v) is 8.38. The zero-order valence-electron chi connectivity index (χ0n) is 13.3. The minimum Gasteiger partial charge on any atom is -0.493 e. The van der Waals surface area contributed by atoms with Crippen LogP contribution < -0.4 is 4.74 Å². The summed E-state index contributed by atoms with van der Waals surface area (Å²) >= 11 is 0. The molecule has 0 aliphatic carbocycles. The average molecular weight is 303 g/mol. The second-order valence-corrected chi connectivity index (χ2v) is 6.18. The first kappa shape index (κ1) is 15.3. The molecule has 2 unspecified atom stereocenters. The lowest BCUT2D eigenvalue weighted by molar-refractivity contribution is -0.135. The molecule has 0 aromatic heterocycles. The first-order valence-electron chi connectivity index (χ1n) is 8.38. The number of carbonyl (C=O) groups excluding carboxylic acids is 1. The molecule has 2 aliphatic heterocycles. The highest BCUT2D eigenvalue weighted by atomic mass is 16.5. The van der Waals surface area contributed by atoms with Crippen molar-refractivity contribution in [2.24, 2.45) is 5.92 Å². The van der Waals surface area contributed by atoms with Crippen molar-refractivity contribution in [2.75, 3.05) is 32.9 Å². The molecule has 1 fully saturated rings. The minimum atomic E-state index is -0.0456. The second-order valence-electron chi connectivity index (χ2n) is 6.18. The Morgan fingerprint density at radius 1 is 1.36 bits per heavy atom. The van der Waals surface area contributed by atoms with E-state index in [4.69, 9.17) is 9.47 Å². The van der Waals surface area contributed by atoms with Crippen LogP contribution in [-0.2, 0) is 9.53 Å². The standard InChI is InChI=1S/C18H25NO3/c1-2-21-13-14-6-5-10-19(12-14)18(20)16-9-11-22-17-8-4-3-7-15(16)17/h3-4,7-8,14,16H,2,5-6,9-13H2,1H3. The van der Waals surface area contributed by atoms with Crippen LogP contribution in [-0.4, -0.2) is 43.7 Å². The van der Waals surface area contributed by atoms with Crippen LogP contribution in [0.15, 0.2) is 24.3 Å². The molecule has 120 valence electrons. The molecule has 4 nitrogen and oxygen atoms in total. The fourth-order valence-corrected chi connectivity index (χ4v) is 3.50. The average Bonchev–Trinajstić information content (AvgIpc) is 2.59. The molecule has 1 aromatic carbocycles. The molecule has 0 radical (unpaired) electrons. The minimum absolute atomic E-state index is 0.0456. The normalized spacial score (nSPS) is 24.5. The number of para-hydroxylation sites is 1. The Bertz CT molecular complexity index is 517. The topological polar surface area (TPSA) is 38.8 Å². The van der Waals surface area contributed by atoms with E-state index in [1.807, 2.05) is 36.1 Å². The number of hydrogen-bond acceptors (Lipinski definition) is 3. The Balaban J connectivity index is 1.69. The SMILES string of the molecule is CCOCC1CCCN(C(=O)C2CCOc3ccccc32)C1. The van der Waals surface area contributed by atoms with E-state index in [0.29, 0.717) is 12.5 Å². The second kappa shape index (κ2) is 7.14. The molecule has 3 rings (SSSR count). The third-order valence-corrected chi connectivity index (χ3v) is 4.64. The number of likely N-dealkylation sites (tertiary alicyclic amines) is 1. The molecule has 22 heavy (non-hydrogen) atoms. The van der Waals surface area contributed by atoms with Crippen molar-refractivity contribution in [3.63, 3.8) is 0 Å². The highest BCUT2D eigenvalue weighted by Crippen LogP contribution is 2.35. The van der Waals surface area contributed by atoms with E-state index in [1.54, 1.807) is 0 Å². The van der Waals surface area contributed by atoms with Crippen LogP contribution >= 0.6 is 0 Å². The van der Waals surface area contributed by atoms with Gasteiger partial charge >= 0.3 is 0 Å². The van der Waals surface area contributed by atoms with Gasteiger partial charge in [0.05, 0.1) is 19.1 Å². The molecular formula is C18H25NO3. The lowest BCUT2D eigenvalue weighted by Crippen LogP contribution is -2.44. The molecule has 0 spiro atoms. The van der Waals surface area contributed by atoms with Crippen LogP contribution in [0, 0.1) is 5.92 Å². The summed E-state index contributed by atoms with van der Waals surface area (Å²) in [5, 5.41) is 0. The zero-order valence-corrected chi connectivity index (χ0v) is 13.3. The maximum Gasteiger partial charge on any atom is 0.230 e. The van der Waals surface area contributed by atoms with Crippen LogP contribution in [0.3, 0.4) is 0 Å².